The largest absolute Gasteiger partial charge is 0.396 e. The van der Waals surface area contributed by atoms with Crippen molar-refractivity contribution < 1.29 is 9.90 Å². The molecule has 0 fully saturated rings. The second-order valence-corrected chi connectivity index (χ2v) is 6.26. The maximum atomic E-state index is 12.3. The van der Waals surface area contributed by atoms with Crippen LogP contribution in [0.25, 0.3) is 0 Å². The summed E-state index contributed by atoms with van der Waals surface area (Å²) >= 11 is 0. The molecular weight excluding hydrogens is 318 g/mol. The van der Waals surface area contributed by atoms with E-state index in [0.717, 1.165) is 11.1 Å². The minimum Gasteiger partial charge on any atom is -0.396 e. The van der Waals surface area contributed by atoms with Crippen molar-refractivity contribution in [3.8, 4) is 0 Å². The van der Waals surface area contributed by atoms with Crippen molar-refractivity contribution in [1.29, 1.82) is 0 Å². The van der Waals surface area contributed by atoms with Gasteiger partial charge in [-0.25, -0.2) is 4.79 Å². The van der Waals surface area contributed by atoms with Crippen LogP contribution in [-0.2, 0) is 7.05 Å². The molecule has 0 saturated carbocycles. The molecule has 136 valence electrons. The number of hydrogen-bond donors (Lipinski definition) is 3. The summed E-state index contributed by atoms with van der Waals surface area (Å²) in [7, 11) is 5.81. The summed E-state index contributed by atoms with van der Waals surface area (Å²) in [6, 6.07) is 9.22. The summed E-state index contributed by atoms with van der Waals surface area (Å²) in [6.07, 6.45) is 4.22. The third kappa shape index (κ3) is 5.58. The quantitative estimate of drug-likeness (QED) is 0.676. The summed E-state index contributed by atoms with van der Waals surface area (Å²) in [5.74, 6) is 0. The number of hydrogen-bond acceptors (Lipinski definition) is 4. The van der Waals surface area contributed by atoms with E-state index < -0.39 is 0 Å². The predicted molar refractivity (Wildman–Crippen MR) is 97.1 cm³/mol. The molecule has 0 aliphatic rings. The fourth-order valence-corrected chi connectivity index (χ4v) is 2.75. The molecule has 0 radical (unpaired) electrons. The van der Waals surface area contributed by atoms with Gasteiger partial charge in [-0.15, -0.1) is 0 Å². The molecule has 0 aliphatic heterocycles. The highest BCUT2D eigenvalue weighted by molar-refractivity contribution is 5.74. The predicted octanol–water partition coefficient (Wildman–Crippen LogP) is 1.45. The molecule has 1 aromatic heterocycles. The third-order valence-corrected chi connectivity index (χ3v) is 4.11. The Morgan fingerprint density at radius 2 is 2.00 bits per heavy atom. The van der Waals surface area contributed by atoms with Crippen LogP contribution in [0.3, 0.4) is 0 Å². The Kier molecular flexibility index (Phi) is 6.97. The number of carbonyl (C=O) groups is 1. The van der Waals surface area contributed by atoms with Crippen molar-refractivity contribution in [1.82, 2.24) is 25.3 Å². The van der Waals surface area contributed by atoms with Crippen LogP contribution in [0.4, 0.5) is 4.79 Å². The van der Waals surface area contributed by atoms with Crippen molar-refractivity contribution in [2.45, 2.75) is 18.5 Å². The van der Waals surface area contributed by atoms with Crippen LogP contribution in [0.1, 0.15) is 29.6 Å². The average Bonchev–Trinajstić information content (AvgIpc) is 3.01. The van der Waals surface area contributed by atoms with Crippen molar-refractivity contribution >= 4 is 6.03 Å². The number of carbonyl (C=O) groups excluding carboxylic acids is 1. The number of nitrogens with one attached hydrogen (secondary N) is 2. The minimum atomic E-state index is -0.252. The maximum Gasteiger partial charge on any atom is 0.315 e. The molecule has 2 aromatic rings. The Morgan fingerprint density at radius 1 is 1.28 bits per heavy atom. The van der Waals surface area contributed by atoms with Gasteiger partial charge >= 0.3 is 6.03 Å². The lowest BCUT2D eigenvalue weighted by Gasteiger charge is -2.25. The number of aliphatic hydroxyl groups is 1. The van der Waals surface area contributed by atoms with Gasteiger partial charge in [0.05, 0.1) is 18.3 Å². The highest BCUT2D eigenvalue weighted by Gasteiger charge is 2.18. The van der Waals surface area contributed by atoms with Crippen LogP contribution in [-0.4, -0.2) is 53.1 Å². The zero-order chi connectivity index (χ0) is 18.2. The van der Waals surface area contributed by atoms with Gasteiger partial charge in [0.25, 0.3) is 0 Å². The Hall–Kier alpha value is -2.38. The van der Waals surface area contributed by atoms with E-state index in [9.17, 15) is 9.90 Å². The second-order valence-electron chi connectivity index (χ2n) is 6.26. The molecule has 3 N–H and O–H groups in total. The van der Waals surface area contributed by atoms with Gasteiger partial charge in [-0.3, -0.25) is 4.68 Å². The maximum absolute atomic E-state index is 12.3. The lowest BCUT2D eigenvalue weighted by Crippen LogP contribution is -2.42. The van der Waals surface area contributed by atoms with E-state index in [1.54, 1.807) is 4.68 Å². The number of amides is 2. The SMILES string of the molecule is CN(C)C(CNC(=O)N[C@H](CCO)c1ccccc1)c1cnn(C)c1. The summed E-state index contributed by atoms with van der Waals surface area (Å²) in [6.45, 7) is 0.473. The Balaban J connectivity index is 1.95. The van der Waals surface area contributed by atoms with E-state index in [2.05, 4.69) is 15.7 Å². The molecule has 0 bridgehead atoms. The summed E-state index contributed by atoms with van der Waals surface area (Å²) in [5, 5.41) is 19.3. The molecule has 1 aromatic carbocycles. The summed E-state index contributed by atoms with van der Waals surface area (Å²) in [5.41, 5.74) is 2.02. The van der Waals surface area contributed by atoms with E-state index in [-0.39, 0.29) is 24.7 Å². The molecule has 7 nitrogen and oxygen atoms in total. The van der Waals surface area contributed by atoms with Crippen molar-refractivity contribution in [3.63, 3.8) is 0 Å². The topological polar surface area (TPSA) is 82.4 Å². The zero-order valence-electron chi connectivity index (χ0n) is 15.0. The van der Waals surface area contributed by atoms with E-state index in [4.69, 9.17) is 0 Å². The van der Waals surface area contributed by atoms with Crippen molar-refractivity contribution in [3.05, 3.63) is 53.9 Å². The molecule has 2 atom stereocenters. The van der Waals surface area contributed by atoms with Gasteiger partial charge in [0, 0.05) is 32.0 Å². The average molecular weight is 345 g/mol. The molecule has 7 heteroatoms. The lowest BCUT2D eigenvalue weighted by molar-refractivity contribution is 0.223. The van der Waals surface area contributed by atoms with Gasteiger partial charge in [0.15, 0.2) is 0 Å². The van der Waals surface area contributed by atoms with Gasteiger partial charge < -0.3 is 20.6 Å². The Labute approximate surface area is 148 Å². The number of benzene rings is 1. The van der Waals surface area contributed by atoms with E-state index in [1.807, 2.05) is 68.8 Å². The normalized spacial score (nSPS) is 13.5. The molecule has 25 heavy (non-hydrogen) atoms. The first-order valence-corrected chi connectivity index (χ1v) is 8.36. The van der Waals surface area contributed by atoms with Crippen LogP contribution in [0.15, 0.2) is 42.7 Å². The van der Waals surface area contributed by atoms with Crippen LogP contribution in [0, 0.1) is 0 Å². The third-order valence-electron chi connectivity index (χ3n) is 4.11. The Morgan fingerprint density at radius 3 is 2.56 bits per heavy atom. The second kappa shape index (κ2) is 9.19. The lowest BCUT2D eigenvalue weighted by atomic mass is 10.0. The number of rotatable bonds is 8. The summed E-state index contributed by atoms with van der Waals surface area (Å²) in [4.78, 5) is 14.4. The van der Waals surface area contributed by atoms with Gasteiger partial charge in [-0.05, 0) is 26.1 Å². The van der Waals surface area contributed by atoms with Crippen LogP contribution >= 0.6 is 0 Å². The molecule has 2 amide bonds. The number of aliphatic hydroxyl groups excluding tert-OH is 1. The molecule has 1 heterocycles. The first-order chi connectivity index (χ1) is 12.0. The molecule has 0 aliphatic carbocycles. The van der Waals surface area contributed by atoms with Crippen molar-refractivity contribution in [2.75, 3.05) is 27.2 Å². The van der Waals surface area contributed by atoms with E-state index in [0.29, 0.717) is 13.0 Å². The van der Waals surface area contributed by atoms with E-state index in [1.165, 1.54) is 0 Å². The highest BCUT2D eigenvalue weighted by Crippen LogP contribution is 2.17. The first kappa shape index (κ1) is 19.0. The monoisotopic (exact) mass is 345 g/mol. The number of likely N-dealkylation sites (N-methyl/N-ethyl adjacent to an activating group) is 1. The molecule has 2 rings (SSSR count). The van der Waals surface area contributed by atoms with Gasteiger partial charge in [0.1, 0.15) is 0 Å². The van der Waals surface area contributed by atoms with Gasteiger partial charge in [-0.2, -0.15) is 5.10 Å². The number of nitrogens with zero attached hydrogens (tertiary/aromatic N) is 3. The Bertz CT molecular complexity index is 656. The standard InChI is InChI=1S/C18H27N5O2/c1-22(2)17(15-11-20-23(3)13-15)12-19-18(25)21-16(9-10-24)14-7-5-4-6-8-14/h4-8,11,13,16-17,24H,9-10,12H2,1-3H3,(H2,19,21,25)/t16-,17?/m1/s1. The molecule has 1 unspecified atom stereocenters. The fraction of sp³-hybridized carbons (Fsp3) is 0.444. The summed E-state index contributed by atoms with van der Waals surface area (Å²) < 4.78 is 1.75. The van der Waals surface area contributed by atoms with Gasteiger partial charge in [-0.1, -0.05) is 30.3 Å². The van der Waals surface area contributed by atoms with E-state index >= 15 is 0 Å². The highest BCUT2D eigenvalue weighted by atomic mass is 16.3. The van der Waals surface area contributed by atoms with Crippen LogP contribution in [0.5, 0.6) is 0 Å². The number of aryl methyl sites for hydroxylation is 1. The minimum absolute atomic E-state index is 0.00977. The van der Waals surface area contributed by atoms with Crippen molar-refractivity contribution in [2.24, 2.45) is 7.05 Å². The molecular formula is C18H27N5O2. The smallest absolute Gasteiger partial charge is 0.315 e. The fourth-order valence-electron chi connectivity index (χ4n) is 2.75. The first-order valence-electron chi connectivity index (χ1n) is 8.36. The van der Waals surface area contributed by atoms with Crippen LogP contribution < -0.4 is 10.6 Å². The molecule has 0 spiro atoms. The van der Waals surface area contributed by atoms with Crippen LogP contribution in [0.2, 0.25) is 0 Å². The molecule has 0 saturated heterocycles. The zero-order valence-corrected chi connectivity index (χ0v) is 15.0. The number of urea groups is 1. The number of aromatic nitrogens is 2. The van der Waals surface area contributed by atoms with Gasteiger partial charge in [0.2, 0.25) is 0 Å².